The topological polar surface area (TPSA) is 37.8 Å². The minimum absolute atomic E-state index is 1.00. The zero-order valence-electron chi connectivity index (χ0n) is 5.29. The average molecular weight is 143 g/mol. The quantitative estimate of drug-likeness (QED) is 0.661. The fraction of sp³-hybridized carbons (Fsp3) is 0.600. The maximum atomic E-state index is 3.74. The summed E-state index contributed by atoms with van der Waals surface area (Å²) in [6.07, 6.45) is 2.84. The Hall–Kier alpha value is -0.480. The SMILES string of the molecule is CNCCc1cnns1. The zero-order chi connectivity index (χ0) is 6.53. The second-order valence-electron chi connectivity index (χ2n) is 1.74. The summed E-state index contributed by atoms with van der Waals surface area (Å²) >= 11 is 1.46. The Bertz CT molecular complexity index is 149. The molecule has 0 atom stereocenters. The Labute approximate surface area is 58.3 Å². The van der Waals surface area contributed by atoms with Crippen LogP contribution in [-0.2, 0) is 6.42 Å². The van der Waals surface area contributed by atoms with Gasteiger partial charge in [0.15, 0.2) is 0 Å². The van der Waals surface area contributed by atoms with Crippen LogP contribution >= 0.6 is 11.5 Å². The summed E-state index contributed by atoms with van der Waals surface area (Å²) in [4.78, 5) is 1.24. The van der Waals surface area contributed by atoms with Gasteiger partial charge in [-0.2, -0.15) is 0 Å². The van der Waals surface area contributed by atoms with E-state index in [-0.39, 0.29) is 0 Å². The van der Waals surface area contributed by atoms with E-state index in [9.17, 15) is 0 Å². The third kappa shape index (κ3) is 2.07. The van der Waals surface area contributed by atoms with E-state index in [1.807, 2.05) is 13.2 Å². The molecule has 0 fully saturated rings. The van der Waals surface area contributed by atoms with Crippen LogP contribution in [0.25, 0.3) is 0 Å². The van der Waals surface area contributed by atoms with Crippen LogP contribution in [0.4, 0.5) is 0 Å². The molecule has 0 bridgehead atoms. The van der Waals surface area contributed by atoms with Crippen molar-refractivity contribution in [3.05, 3.63) is 11.1 Å². The molecule has 0 saturated carbocycles. The maximum Gasteiger partial charge on any atom is 0.0653 e. The summed E-state index contributed by atoms with van der Waals surface area (Å²) in [7, 11) is 1.94. The highest BCUT2D eigenvalue weighted by atomic mass is 32.1. The van der Waals surface area contributed by atoms with Gasteiger partial charge in [-0.3, -0.25) is 0 Å². The van der Waals surface area contributed by atoms with E-state index in [1.165, 1.54) is 16.4 Å². The summed E-state index contributed by atoms with van der Waals surface area (Å²) in [6.45, 7) is 1.00. The summed E-state index contributed by atoms with van der Waals surface area (Å²) in [5, 5.41) is 6.77. The van der Waals surface area contributed by atoms with Gasteiger partial charge in [0, 0.05) is 4.88 Å². The number of hydrogen-bond donors (Lipinski definition) is 1. The number of aromatic nitrogens is 2. The highest BCUT2D eigenvalue weighted by molar-refractivity contribution is 7.05. The molecule has 0 saturated heterocycles. The van der Waals surface area contributed by atoms with Crippen LogP contribution in [0.2, 0.25) is 0 Å². The second-order valence-corrected chi connectivity index (χ2v) is 2.61. The molecular formula is C5H9N3S. The lowest BCUT2D eigenvalue weighted by atomic mass is 10.4. The summed E-state index contributed by atoms with van der Waals surface area (Å²) in [5.74, 6) is 0. The molecule has 1 N–H and O–H groups in total. The van der Waals surface area contributed by atoms with Crippen LogP contribution in [0.3, 0.4) is 0 Å². The molecule has 0 aromatic carbocycles. The lowest BCUT2D eigenvalue weighted by molar-refractivity contribution is 0.798. The lowest BCUT2D eigenvalue weighted by Crippen LogP contribution is -2.09. The minimum atomic E-state index is 1.00. The van der Waals surface area contributed by atoms with Crippen molar-refractivity contribution in [2.24, 2.45) is 0 Å². The normalized spacial score (nSPS) is 9.89. The zero-order valence-corrected chi connectivity index (χ0v) is 6.11. The van der Waals surface area contributed by atoms with Gasteiger partial charge in [-0.15, -0.1) is 5.10 Å². The number of nitrogens with one attached hydrogen (secondary N) is 1. The van der Waals surface area contributed by atoms with E-state index >= 15 is 0 Å². The molecule has 0 aliphatic carbocycles. The molecule has 0 aliphatic rings. The Balaban J connectivity index is 2.30. The highest BCUT2D eigenvalue weighted by Crippen LogP contribution is 2.00. The average Bonchev–Trinajstić information content (AvgIpc) is 2.34. The Morgan fingerprint density at radius 3 is 3.22 bits per heavy atom. The van der Waals surface area contributed by atoms with Gasteiger partial charge in [-0.1, -0.05) is 4.49 Å². The van der Waals surface area contributed by atoms with Gasteiger partial charge in [-0.25, -0.2) is 0 Å². The van der Waals surface area contributed by atoms with Gasteiger partial charge in [0.1, 0.15) is 0 Å². The Morgan fingerprint density at radius 2 is 2.67 bits per heavy atom. The minimum Gasteiger partial charge on any atom is -0.319 e. The van der Waals surface area contributed by atoms with E-state index in [2.05, 4.69) is 14.9 Å². The van der Waals surface area contributed by atoms with Crippen molar-refractivity contribution in [2.45, 2.75) is 6.42 Å². The number of nitrogens with zero attached hydrogens (tertiary/aromatic N) is 2. The molecule has 3 nitrogen and oxygen atoms in total. The van der Waals surface area contributed by atoms with Crippen molar-refractivity contribution in [2.75, 3.05) is 13.6 Å². The first-order valence-electron chi connectivity index (χ1n) is 2.84. The summed E-state index contributed by atoms with van der Waals surface area (Å²) in [6, 6.07) is 0. The fourth-order valence-corrected chi connectivity index (χ4v) is 1.03. The van der Waals surface area contributed by atoms with Crippen LogP contribution in [-0.4, -0.2) is 23.2 Å². The number of likely N-dealkylation sites (N-methyl/N-ethyl adjacent to an activating group) is 1. The third-order valence-corrected chi connectivity index (χ3v) is 1.75. The second kappa shape index (κ2) is 3.53. The number of hydrogen-bond acceptors (Lipinski definition) is 4. The van der Waals surface area contributed by atoms with Crippen LogP contribution in [0, 0.1) is 0 Å². The molecule has 9 heavy (non-hydrogen) atoms. The van der Waals surface area contributed by atoms with Crippen LogP contribution in [0.1, 0.15) is 4.88 Å². The highest BCUT2D eigenvalue weighted by Gasteiger charge is 1.91. The van der Waals surface area contributed by atoms with E-state index in [0.29, 0.717) is 0 Å². The molecular weight excluding hydrogens is 134 g/mol. The van der Waals surface area contributed by atoms with Crippen LogP contribution in [0.5, 0.6) is 0 Å². The third-order valence-electron chi connectivity index (χ3n) is 1.03. The predicted molar refractivity (Wildman–Crippen MR) is 37.5 cm³/mol. The van der Waals surface area contributed by atoms with Crippen molar-refractivity contribution in [3.63, 3.8) is 0 Å². The van der Waals surface area contributed by atoms with Gasteiger partial charge in [0.25, 0.3) is 0 Å². The van der Waals surface area contributed by atoms with Gasteiger partial charge in [0.2, 0.25) is 0 Å². The van der Waals surface area contributed by atoms with E-state index < -0.39 is 0 Å². The van der Waals surface area contributed by atoms with Crippen molar-refractivity contribution in [1.29, 1.82) is 0 Å². The van der Waals surface area contributed by atoms with E-state index in [1.54, 1.807) is 0 Å². The van der Waals surface area contributed by atoms with Crippen molar-refractivity contribution < 1.29 is 0 Å². The van der Waals surface area contributed by atoms with Crippen molar-refractivity contribution in [1.82, 2.24) is 14.9 Å². The van der Waals surface area contributed by atoms with Gasteiger partial charge >= 0.3 is 0 Å². The molecule has 0 amide bonds. The largest absolute Gasteiger partial charge is 0.319 e. The fourth-order valence-electron chi connectivity index (χ4n) is 0.546. The summed E-state index contributed by atoms with van der Waals surface area (Å²) < 4.78 is 3.74. The Morgan fingerprint density at radius 1 is 1.78 bits per heavy atom. The molecule has 1 rings (SSSR count). The molecule has 0 spiro atoms. The first-order chi connectivity index (χ1) is 4.43. The molecule has 50 valence electrons. The molecule has 1 aromatic rings. The molecule has 0 unspecified atom stereocenters. The Kier molecular flexibility index (Phi) is 2.60. The lowest BCUT2D eigenvalue weighted by Gasteiger charge is -1.91. The molecule has 0 aliphatic heterocycles. The van der Waals surface area contributed by atoms with Crippen molar-refractivity contribution >= 4 is 11.5 Å². The molecule has 0 radical (unpaired) electrons. The molecule has 1 aromatic heterocycles. The van der Waals surface area contributed by atoms with E-state index in [4.69, 9.17) is 0 Å². The summed E-state index contributed by atoms with van der Waals surface area (Å²) in [5.41, 5.74) is 0. The van der Waals surface area contributed by atoms with Gasteiger partial charge < -0.3 is 5.32 Å². The first kappa shape index (κ1) is 6.64. The van der Waals surface area contributed by atoms with Crippen LogP contribution in [0.15, 0.2) is 6.20 Å². The van der Waals surface area contributed by atoms with Crippen LogP contribution < -0.4 is 5.32 Å². The molecule has 4 heteroatoms. The van der Waals surface area contributed by atoms with Gasteiger partial charge in [0.05, 0.1) is 6.20 Å². The molecule has 1 heterocycles. The number of rotatable bonds is 3. The van der Waals surface area contributed by atoms with E-state index in [0.717, 1.165) is 13.0 Å². The van der Waals surface area contributed by atoms with Gasteiger partial charge in [-0.05, 0) is 31.5 Å². The first-order valence-corrected chi connectivity index (χ1v) is 3.61. The smallest absolute Gasteiger partial charge is 0.0653 e. The standard InChI is InChI=1S/C5H9N3S/c1-6-3-2-5-4-7-8-9-5/h4,6H,2-3H2,1H3. The predicted octanol–water partition coefficient (Wildman–Crippen LogP) is 0.300. The monoisotopic (exact) mass is 143 g/mol. The maximum absolute atomic E-state index is 3.74. The van der Waals surface area contributed by atoms with Crippen molar-refractivity contribution in [3.8, 4) is 0 Å².